The number of carbonyl (C=O) groups excluding carboxylic acids is 1. The van der Waals surface area contributed by atoms with E-state index in [9.17, 15) is 4.79 Å². The van der Waals surface area contributed by atoms with Crippen molar-refractivity contribution >= 4 is 17.5 Å². The molecule has 3 atom stereocenters. The summed E-state index contributed by atoms with van der Waals surface area (Å²) in [5.74, 6) is -1.00. The Morgan fingerprint density at radius 1 is 1.50 bits per heavy atom. The van der Waals surface area contributed by atoms with Crippen molar-refractivity contribution in [1.29, 1.82) is 0 Å². The Bertz CT molecular complexity index is 346. The fraction of sp³-hybridized carbons (Fsp3) is 0.300. The first kappa shape index (κ1) is 9.49. The summed E-state index contributed by atoms with van der Waals surface area (Å²) in [6.07, 6.45) is 9.18. The number of hydrogen-bond donors (Lipinski definition) is 1. The highest BCUT2D eigenvalue weighted by atomic mass is 35.5. The minimum atomic E-state index is -0.669. The molecule has 1 heterocycles. The van der Waals surface area contributed by atoms with Gasteiger partial charge in [-0.3, -0.25) is 4.79 Å². The number of halogens is 1. The fourth-order valence-corrected chi connectivity index (χ4v) is 1.84. The van der Waals surface area contributed by atoms with Gasteiger partial charge in [0.1, 0.15) is 11.7 Å². The number of rotatable bonds is 1. The Kier molecular flexibility index (Phi) is 2.44. The van der Waals surface area contributed by atoms with Gasteiger partial charge in [0.15, 0.2) is 0 Å². The van der Waals surface area contributed by atoms with Crippen LogP contribution in [0, 0.1) is 5.92 Å². The molecular weight excluding hydrogens is 202 g/mol. The molecule has 1 amide bonds. The second kappa shape index (κ2) is 3.59. The molecule has 0 aromatic heterocycles. The van der Waals surface area contributed by atoms with E-state index in [0.717, 1.165) is 5.57 Å². The number of carbonyl (C=O) groups is 1. The topological polar surface area (TPSA) is 52.3 Å². The molecule has 0 bridgehead atoms. The Hall–Kier alpha value is -1.06. The van der Waals surface area contributed by atoms with Gasteiger partial charge in [-0.15, -0.1) is 0 Å². The van der Waals surface area contributed by atoms with Gasteiger partial charge in [-0.05, 0) is 5.57 Å². The van der Waals surface area contributed by atoms with Crippen molar-refractivity contribution < 1.29 is 9.53 Å². The minimum absolute atomic E-state index is 0.141. The molecule has 2 aliphatic rings. The molecule has 0 spiro atoms. The molecular formula is C10H10ClNO2. The maximum Gasteiger partial charge on any atom is 0.228 e. The van der Waals surface area contributed by atoms with E-state index < -0.39 is 17.4 Å². The summed E-state index contributed by atoms with van der Waals surface area (Å²) in [6, 6.07) is 0. The van der Waals surface area contributed by atoms with Gasteiger partial charge in [0.2, 0.25) is 5.91 Å². The van der Waals surface area contributed by atoms with Crippen molar-refractivity contribution in [3.63, 3.8) is 0 Å². The number of allylic oxidation sites excluding steroid dienone is 2. The van der Waals surface area contributed by atoms with Crippen molar-refractivity contribution in [1.82, 2.24) is 0 Å². The van der Waals surface area contributed by atoms with Crippen LogP contribution in [-0.4, -0.2) is 17.6 Å². The van der Waals surface area contributed by atoms with Crippen LogP contribution in [-0.2, 0) is 9.53 Å². The molecule has 0 aromatic rings. The predicted octanol–water partition coefficient (Wildman–Crippen LogP) is 1.10. The van der Waals surface area contributed by atoms with Crippen LogP contribution < -0.4 is 5.73 Å². The Morgan fingerprint density at radius 3 is 3.00 bits per heavy atom. The van der Waals surface area contributed by atoms with Crippen molar-refractivity contribution in [3.05, 3.63) is 36.0 Å². The largest absolute Gasteiger partial charge is 0.369 e. The third-order valence-electron chi connectivity index (χ3n) is 2.27. The molecule has 74 valence electrons. The van der Waals surface area contributed by atoms with Crippen LogP contribution in [0.3, 0.4) is 0 Å². The summed E-state index contributed by atoms with van der Waals surface area (Å²) in [4.78, 5) is 11.0. The molecule has 3 nitrogen and oxygen atoms in total. The molecule has 0 aromatic carbocycles. The highest BCUT2D eigenvalue weighted by molar-refractivity contribution is 6.21. The molecule has 0 saturated carbocycles. The Balaban J connectivity index is 2.29. The first-order valence-corrected chi connectivity index (χ1v) is 4.77. The predicted molar refractivity (Wildman–Crippen MR) is 53.6 cm³/mol. The van der Waals surface area contributed by atoms with E-state index in [2.05, 4.69) is 0 Å². The van der Waals surface area contributed by atoms with Crippen molar-refractivity contribution in [2.75, 3.05) is 0 Å². The van der Waals surface area contributed by atoms with E-state index >= 15 is 0 Å². The van der Waals surface area contributed by atoms with E-state index in [0.29, 0.717) is 0 Å². The third-order valence-corrected chi connectivity index (χ3v) is 2.65. The molecule has 0 fully saturated rings. The van der Waals surface area contributed by atoms with Crippen LogP contribution in [0.1, 0.15) is 0 Å². The monoisotopic (exact) mass is 211 g/mol. The number of amides is 1. The lowest BCUT2D eigenvalue weighted by Crippen LogP contribution is -2.37. The second-order valence-corrected chi connectivity index (χ2v) is 3.68. The molecule has 4 heteroatoms. The zero-order valence-corrected chi connectivity index (χ0v) is 8.15. The number of ether oxygens (including phenoxy) is 1. The lowest BCUT2D eigenvalue weighted by molar-refractivity contribution is -0.123. The summed E-state index contributed by atoms with van der Waals surface area (Å²) >= 11 is 5.87. The van der Waals surface area contributed by atoms with E-state index in [1.165, 1.54) is 0 Å². The van der Waals surface area contributed by atoms with Crippen LogP contribution in [0.15, 0.2) is 36.0 Å². The SMILES string of the molecule is NC(=O)C1C=C2C=CC=CC2OC1Cl. The average molecular weight is 212 g/mol. The van der Waals surface area contributed by atoms with Crippen LogP contribution >= 0.6 is 11.6 Å². The summed E-state index contributed by atoms with van der Waals surface area (Å²) in [7, 11) is 0. The summed E-state index contributed by atoms with van der Waals surface area (Å²) in [6.45, 7) is 0. The van der Waals surface area contributed by atoms with Crippen molar-refractivity contribution in [2.24, 2.45) is 11.7 Å². The first-order chi connectivity index (χ1) is 6.68. The normalized spacial score (nSPS) is 34.9. The minimum Gasteiger partial charge on any atom is -0.369 e. The van der Waals surface area contributed by atoms with Gasteiger partial charge in [-0.2, -0.15) is 0 Å². The second-order valence-electron chi connectivity index (χ2n) is 3.25. The van der Waals surface area contributed by atoms with Crippen molar-refractivity contribution in [3.8, 4) is 0 Å². The van der Waals surface area contributed by atoms with Gasteiger partial charge in [-0.25, -0.2) is 0 Å². The van der Waals surface area contributed by atoms with E-state index in [1.807, 2.05) is 24.3 Å². The summed E-state index contributed by atoms with van der Waals surface area (Å²) in [5, 5.41) is 0. The lowest BCUT2D eigenvalue weighted by atomic mass is 9.95. The summed E-state index contributed by atoms with van der Waals surface area (Å²) < 4.78 is 5.42. The lowest BCUT2D eigenvalue weighted by Gasteiger charge is -2.29. The molecule has 0 saturated heterocycles. The molecule has 2 N–H and O–H groups in total. The molecule has 3 unspecified atom stereocenters. The van der Waals surface area contributed by atoms with Gasteiger partial charge >= 0.3 is 0 Å². The van der Waals surface area contributed by atoms with Crippen LogP contribution in [0.4, 0.5) is 0 Å². The van der Waals surface area contributed by atoms with Crippen molar-refractivity contribution in [2.45, 2.75) is 11.7 Å². The number of primary amides is 1. The number of fused-ring (bicyclic) bond motifs is 1. The highest BCUT2D eigenvalue weighted by Gasteiger charge is 2.32. The quantitative estimate of drug-likeness (QED) is 0.661. The van der Waals surface area contributed by atoms with Gasteiger partial charge < -0.3 is 10.5 Å². The third kappa shape index (κ3) is 1.61. The maximum absolute atomic E-state index is 11.0. The van der Waals surface area contributed by atoms with Gasteiger partial charge in [-0.1, -0.05) is 42.0 Å². The zero-order valence-electron chi connectivity index (χ0n) is 7.39. The molecule has 1 aliphatic carbocycles. The molecule has 2 rings (SSSR count). The van der Waals surface area contributed by atoms with Gasteiger partial charge in [0.05, 0.1) is 5.92 Å². The fourth-order valence-electron chi connectivity index (χ4n) is 1.53. The van der Waals surface area contributed by atoms with E-state index in [1.54, 1.807) is 6.08 Å². The molecule has 14 heavy (non-hydrogen) atoms. The molecule has 1 aliphatic heterocycles. The zero-order chi connectivity index (χ0) is 10.1. The van der Waals surface area contributed by atoms with E-state index in [-0.39, 0.29) is 6.10 Å². The van der Waals surface area contributed by atoms with Crippen LogP contribution in [0.5, 0.6) is 0 Å². The standard InChI is InChI=1S/C10H10ClNO2/c11-9-7(10(12)13)5-6-3-1-2-4-8(6)14-9/h1-5,7-9H,(H2,12,13). The smallest absolute Gasteiger partial charge is 0.228 e. The van der Waals surface area contributed by atoms with Crippen LogP contribution in [0.25, 0.3) is 0 Å². The Morgan fingerprint density at radius 2 is 2.29 bits per heavy atom. The number of nitrogens with two attached hydrogens (primary N) is 1. The highest BCUT2D eigenvalue weighted by Crippen LogP contribution is 2.29. The van der Waals surface area contributed by atoms with Gasteiger partial charge in [0.25, 0.3) is 0 Å². The maximum atomic E-state index is 11.0. The first-order valence-electron chi connectivity index (χ1n) is 4.34. The summed E-state index contributed by atoms with van der Waals surface area (Å²) in [5.41, 5.74) is 5.46. The number of hydrogen-bond acceptors (Lipinski definition) is 2. The Labute approximate surface area is 86.9 Å². The average Bonchev–Trinajstić information content (AvgIpc) is 2.16. The van der Waals surface area contributed by atoms with E-state index in [4.69, 9.17) is 22.1 Å². The van der Waals surface area contributed by atoms with Crippen LogP contribution in [0.2, 0.25) is 0 Å². The number of alkyl halides is 1. The molecule has 0 radical (unpaired) electrons. The van der Waals surface area contributed by atoms with Gasteiger partial charge in [0, 0.05) is 0 Å².